The van der Waals surface area contributed by atoms with Crippen LogP contribution in [0.25, 0.3) is 11.3 Å². The molecule has 4 rings (SSSR count). The van der Waals surface area contributed by atoms with E-state index in [9.17, 15) is 9.59 Å². The van der Waals surface area contributed by atoms with Gasteiger partial charge in [-0.2, -0.15) is 0 Å². The zero-order valence-electron chi connectivity index (χ0n) is 22.5. The van der Waals surface area contributed by atoms with Crippen molar-refractivity contribution < 1.29 is 9.53 Å². The molecule has 1 saturated carbocycles. The number of nitrogens with one attached hydrogen (secondary N) is 3. The maximum atomic E-state index is 13.4. The summed E-state index contributed by atoms with van der Waals surface area (Å²) in [5.41, 5.74) is 14.4. The van der Waals surface area contributed by atoms with Gasteiger partial charge in [-0.3, -0.25) is 19.6 Å². The zero-order chi connectivity index (χ0) is 27.9. The molecule has 1 aliphatic rings. The lowest BCUT2D eigenvalue weighted by Gasteiger charge is -2.17. The van der Waals surface area contributed by atoms with Gasteiger partial charge < -0.3 is 26.8 Å². The molecule has 0 spiro atoms. The van der Waals surface area contributed by atoms with Crippen molar-refractivity contribution in [2.24, 2.45) is 11.7 Å². The van der Waals surface area contributed by atoms with E-state index >= 15 is 0 Å². The molecule has 10 heteroatoms. The predicted octanol–water partition coefficient (Wildman–Crippen LogP) is 3.48. The quantitative estimate of drug-likeness (QED) is 0.144. The summed E-state index contributed by atoms with van der Waals surface area (Å²) >= 11 is 0. The third kappa shape index (κ3) is 7.37. The Morgan fingerprint density at radius 3 is 2.56 bits per heavy atom. The lowest BCUT2D eigenvalue weighted by Crippen LogP contribution is -2.35. The van der Waals surface area contributed by atoms with Crippen LogP contribution in [0, 0.1) is 11.3 Å². The van der Waals surface area contributed by atoms with Gasteiger partial charge >= 0.3 is 0 Å². The lowest BCUT2D eigenvalue weighted by molar-refractivity contribution is -0.121. The monoisotopic (exact) mass is 531 g/mol. The van der Waals surface area contributed by atoms with Gasteiger partial charge in [-0.15, -0.1) is 0 Å². The summed E-state index contributed by atoms with van der Waals surface area (Å²) < 4.78 is 7.47. The first-order chi connectivity index (χ1) is 18.7. The van der Waals surface area contributed by atoms with E-state index in [4.69, 9.17) is 21.6 Å². The molecule has 1 heterocycles. The van der Waals surface area contributed by atoms with Crippen LogP contribution in [0.3, 0.4) is 0 Å². The van der Waals surface area contributed by atoms with Crippen molar-refractivity contribution in [1.29, 1.82) is 5.41 Å². The maximum Gasteiger partial charge on any atom is 0.294 e. The van der Waals surface area contributed by atoms with Gasteiger partial charge in [0.1, 0.15) is 18.1 Å². The van der Waals surface area contributed by atoms with Gasteiger partial charge in [0, 0.05) is 35.5 Å². The van der Waals surface area contributed by atoms with E-state index < -0.39 is 5.56 Å². The number of amides is 1. The number of hydrogen-bond acceptors (Lipinski definition) is 7. The Kier molecular flexibility index (Phi) is 8.85. The number of nitrogen functional groups attached to an aromatic ring is 2. The molecular formula is C29H37N7O3. The summed E-state index contributed by atoms with van der Waals surface area (Å²) in [4.78, 5) is 30.8. The summed E-state index contributed by atoms with van der Waals surface area (Å²) in [5.74, 6) is 0.979. The molecule has 2 aromatic carbocycles. The predicted molar refractivity (Wildman–Crippen MR) is 154 cm³/mol. The number of hydrogen-bond donors (Lipinski definition) is 5. The minimum absolute atomic E-state index is 0.0146. The Hall–Kier alpha value is -4.34. The van der Waals surface area contributed by atoms with Crippen LogP contribution in [-0.2, 0) is 17.9 Å². The molecule has 10 nitrogen and oxygen atoms in total. The smallest absolute Gasteiger partial charge is 0.294 e. The van der Waals surface area contributed by atoms with Crippen LogP contribution in [0.1, 0.15) is 50.7 Å². The van der Waals surface area contributed by atoms with Crippen molar-refractivity contribution in [3.05, 3.63) is 70.1 Å². The highest BCUT2D eigenvalue weighted by atomic mass is 16.5. The molecule has 0 unspecified atom stereocenters. The van der Waals surface area contributed by atoms with Gasteiger partial charge in [0.05, 0.1) is 18.5 Å². The van der Waals surface area contributed by atoms with Crippen LogP contribution in [0.5, 0.6) is 5.75 Å². The van der Waals surface area contributed by atoms with Crippen molar-refractivity contribution in [1.82, 2.24) is 14.9 Å². The molecule has 1 amide bonds. The van der Waals surface area contributed by atoms with Gasteiger partial charge in [0.15, 0.2) is 5.82 Å². The van der Waals surface area contributed by atoms with Crippen molar-refractivity contribution >= 4 is 23.2 Å². The van der Waals surface area contributed by atoms with E-state index in [0.29, 0.717) is 40.8 Å². The van der Waals surface area contributed by atoms with Crippen LogP contribution >= 0.6 is 0 Å². The highest BCUT2D eigenvalue weighted by Crippen LogP contribution is 2.29. The SMILES string of the molecule is CC(C)Nc1ncc(-c2cc(N)cc(OCC3CCCC3)c2)n(CC(=O)NCc2ccc(C(=N)N)cc2)c1=O. The van der Waals surface area contributed by atoms with E-state index in [-0.39, 0.29) is 36.7 Å². The number of anilines is 2. The maximum absolute atomic E-state index is 13.4. The Bertz CT molecular complexity index is 1380. The Labute approximate surface area is 228 Å². The molecule has 1 fully saturated rings. The van der Waals surface area contributed by atoms with Crippen LogP contribution in [-0.4, -0.2) is 33.9 Å². The number of nitrogens with two attached hydrogens (primary N) is 2. The highest BCUT2D eigenvalue weighted by Gasteiger charge is 2.18. The normalized spacial score (nSPS) is 13.4. The number of carbonyl (C=O) groups is 1. The number of nitrogens with zero attached hydrogens (tertiary/aromatic N) is 2. The standard InChI is InChI=1S/C29H37N7O3/c1-18(2)35-28-29(38)36(16-26(37)33-14-19-7-9-21(10-8-19)27(31)32)25(15-34-28)22-11-23(30)13-24(12-22)39-17-20-5-3-4-6-20/h7-13,15,18,20H,3-6,14,16-17,30H2,1-2H3,(H3,31,32)(H,33,37)(H,34,35). The molecule has 1 aliphatic carbocycles. The van der Waals surface area contributed by atoms with Gasteiger partial charge in [0.25, 0.3) is 5.56 Å². The van der Waals surface area contributed by atoms with Crippen LogP contribution in [0.4, 0.5) is 11.5 Å². The second kappa shape index (κ2) is 12.5. The largest absolute Gasteiger partial charge is 0.493 e. The first-order valence-electron chi connectivity index (χ1n) is 13.3. The van der Waals surface area contributed by atoms with Crippen LogP contribution in [0.2, 0.25) is 0 Å². The third-order valence-corrected chi connectivity index (χ3v) is 6.72. The fraction of sp³-hybridized carbons (Fsp3) is 0.379. The van der Waals surface area contributed by atoms with E-state index in [1.807, 2.05) is 19.9 Å². The van der Waals surface area contributed by atoms with Crippen molar-refractivity contribution in [3.63, 3.8) is 0 Å². The molecule has 0 aliphatic heterocycles. The average molecular weight is 532 g/mol. The fourth-order valence-electron chi connectivity index (χ4n) is 4.69. The van der Waals surface area contributed by atoms with Gasteiger partial charge in [-0.05, 0) is 50.3 Å². The molecule has 1 aromatic heterocycles. The van der Waals surface area contributed by atoms with E-state index in [1.165, 1.54) is 30.3 Å². The lowest BCUT2D eigenvalue weighted by atomic mass is 10.1. The molecule has 7 N–H and O–H groups in total. The topological polar surface area (TPSA) is 161 Å². The molecule has 3 aromatic rings. The first kappa shape index (κ1) is 27.7. The molecule has 0 saturated heterocycles. The molecule has 0 bridgehead atoms. The average Bonchev–Trinajstić information content (AvgIpc) is 3.42. The molecule has 0 atom stereocenters. The minimum Gasteiger partial charge on any atom is -0.493 e. The number of carbonyl (C=O) groups excluding carboxylic acids is 1. The summed E-state index contributed by atoms with van der Waals surface area (Å²) in [6, 6.07) is 12.4. The Balaban J connectivity index is 1.57. The van der Waals surface area contributed by atoms with Crippen LogP contribution < -0.4 is 32.4 Å². The second-order valence-electron chi connectivity index (χ2n) is 10.3. The Morgan fingerprint density at radius 2 is 1.90 bits per heavy atom. The molecule has 0 radical (unpaired) electrons. The summed E-state index contributed by atoms with van der Waals surface area (Å²) in [6.07, 6.45) is 6.38. The number of rotatable bonds is 11. The van der Waals surface area contributed by atoms with E-state index in [0.717, 1.165) is 5.56 Å². The number of amidine groups is 1. The number of ether oxygens (including phenoxy) is 1. The highest BCUT2D eigenvalue weighted by molar-refractivity contribution is 5.94. The fourth-order valence-corrected chi connectivity index (χ4v) is 4.69. The van der Waals surface area contributed by atoms with E-state index in [1.54, 1.807) is 42.6 Å². The molecule has 206 valence electrons. The minimum atomic E-state index is -0.405. The zero-order valence-corrected chi connectivity index (χ0v) is 22.5. The van der Waals surface area contributed by atoms with Gasteiger partial charge in [-0.25, -0.2) is 4.98 Å². The van der Waals surface area contributed by atoms with Gasteiger partial charge in [-0.1, -0.05) is 37.1 Å². The third-order valence-electron chi connectivity index (χ3n) is 6.72. The van der Waals surface area contributed by atoms with Gasteiger partial charge in [0.2, 0.25) is 5.91 Å². The first-order valence-corrected chi connectivity index (χ1v) is 13.3. The summed E-state index contributed by atoms with van der Waals surface area (Å²) in [5, 5.41) is 13.4. The van der Waals surface area contributed by atoms with Crippen molar-refractivity contribution in [3.8, 4) is 17.0 Å². The second-order valence-corrected chi connectivity index (χ2v) is 10.3. The van der Waals surface area contributed by atoms with Crippen molar-refractivity contribution in [2.75, 3.05) is 17.7 Å². The molecule has 39 heavy (non-hydrogen) atoms. The molecular weight excluding hydrogens is 494 g/mol. The Morgan fingerprint density at radius 1 is 1.18 bits per heavy atom. The van der Waals surface area contributed by atoms with E-state index in [2.05, 4.69) is 15.6 Å². The van der Waals surface area contributed by atoms with Crippen molar-refractivity contribution in [2.45, 2.75) is 58.7 Å². The summed E-state index contributed by atoms with van der Waals surface area (Å²) in [7, 11) is 0. The van der Waals surface area contributed by atoms with Crippen LogP contribution in [0.15, 0.2) is 53.5 Å². The summed E-state index contributed by atoms with van der Waals surface area (Å²) in [6.45, 7) is 4.51. The number of aromatic nitrogens is 2. The number of benzene rings is 2.